The van der Waals surface area contributed by atoms with E-state index in [0.29, 0.717) is 45.6 Å². The van der Waals surface area contributed by atoms with Crippen molar-refractivity contribution in [3.63, 3.8) is 0 Å². The van der Waals surface area contributed by atoms with Crippen LogP contribution in [0.15, 0.2) is 58.5 Å². The molecule has 2 aromatic heterocycles. The van der Waals surface area contributed by atoms with Crippen molar-refractivity contribution in [3.05, 3.63) is 64.4 Å². The second-order valence-corrected chi connectivity index (χ2v) is 9.49. The van der Waals surface area contributed by atoms with Gasteiger partial charge in [-0.3, -0.25) is 18.6 Å². The number of hydrogen-bond acceptors (Lipinski definition) is 6. The molecule has 2 heterocycles. The van der Waals surface area contributed by atoms with Crippen molar-refractivity contribution in [2.45, 2.75) is 44.1 Å². The number of amides is 1. The number of nitrogens with one attached hydrogen (secondary N) is 1. The van der Waals surface area contributed by atoms with E-state index in [1.54, 1.807) is 41.8 Å². The highest BCUT2D eigenvalue weighted by Gasteiger charge is 2.22. The molecule has 9 heteroatoms. The molecule has 1 unspecified atom stereocenters. The van der Waals surface area contributed by atoms with Gasteiger partial charge in [-0.1, -0.05) is 49.9 Å². The van der Waals surface area contributed by atoms with E-state index in [-0.39, 0.29) is 11.5 Å². The molecule has 33 heavy (non-hydrogen) atoms. The van der Waals surface area contributed by atoms with Gasteiger partial charge in [0.15, 0.2) is 5.16 Å². The molecule has 2 aromatic carbocycles. The van der Waals surface area contributed by atoms with Gasteiger partial charge in [0.2, 0.25) is 11.7 Å². The van der Waals surface area contributed by atoms with Crippen LogP contribution in [0.1, 0.15) is 32.8 Å². The lowest BCUT2D eigenvalue weighted by Gasteiger charge is -2.14. The maximum Gasteiger partial charge on any atom is 0.262 e. The summed E-state index contributed by atoms with van der Waals surface area (Å²) in [7, 11) is 0. The van der Waals surface area contributed by atoms with Crippen LogP contribution in [0.25, 0.3) is 16.7 Å². The van der Waals surface area contributed by atoms with Gasteiger partial charge in [-0.2, -0.15) is 5.26 Å². The van der Waals surface area contributed by atoms with Crippen molar-refractivity contribution in [2.24, 2.45) is 5.92 Å². The Hall–Kier alpha value is -3.64. The summed E-state index contributed by atoms with van der Waals surface area (Å²) in [5.41, 5.74) is 1.47. The van der Waals surface area contributed by atoms with Crippen LogP contribution < -0.4 is 10.9 Å². The lowest BCUT2D eigenvalue weighted by atomic mass is 10.1. The fraction of sp³-hybridized carbons (Fsp3) is 0.292. The molecule has 8 nitrogen and oxygen atoms in total. The summed E-state index contributed by atoms with van der Waals surface area (Å²) < 4.78 is 3.50. The van der Waals surface area contributed by atoms with Crippen LogP contribution in [-0.2, 0) is 11.3 Å². The predicted molar refractivity (Wildman–Crippen MR) is 129 cm³/mol. The summed E-state index contributed by atoms with van der Waals surface area (Å²) >= 11 is 1.25. The van der Waals surface area contributed by atoms with Crippen molar-refractivity contribution in [1.82, 2.24) is 19.2 Å². The van der Waals surface area contributed by atoms with Crippen LogP contribution >= 0.6 is 11.8 Å². The smallest absolute Gasteiger partial charge is 0.262 e. The number of rotatable bonds is 7. The second-order valence-electron chi connectivity index (χ2n) is 8.18. The summed E-state index contributed by atoms with van der Waals surface area (Å²) in [6, 6.07) is 16.3. The highest BCUT2D eigenvalue weighted by atomic mass is 32.2. The largest absolute Gasteiger partial charge is 0.324 e. The number of anilines is 1. The molecular weight excluding hydrogens is 436 g/mol. The summed E-state index contributed by atoms with van der Waals surface area (Å²) in [6.07, 6.45) is 0.834. The van der Waals surface area contributed by atoms with E-state index in [1.165, 1.54) is 11.8 Å². The second kappa shape index (κ2) is 9.46. The topological polar surface area (TPSA) is 105 Å². The Morgan fingerprint density at radius 1 is 1.12 bits per heavy atom. The highest BCUT2D eigenvalue weighted by Crippen LogP contribution is 2.26. The molecule has 0 aliphatic heterocycles. The Morgan fingerprint density at radius 2 is 1.85 bits per heavy atom. The molecule has 0 radical (unpaired) electrons. The van der Waals surface area contributed by atoms with E-state index in [0.717, 1.165) is 6.42 Å². The number of carbonyl (C=O) groups excluding carboxylic acids is 1. The van der Waals surface area contributed by atoms with Crippen LogP contribution in [-0.4, -0.2) is 30.3 Å². The Labute approximate surface area is 195 Å². The first-order valence-electron chi connectivity index (χ1n) is 10.7. The Kier molecular flexibility index (Phi) is 6.47. The first-order chi connectivity index (χ1) is 15.9. The van der Waals surface area contributed by atoms with Gasteiger partial charge in [0, 0.05) is 6.54 Å². The molecule has 0 fully saturated rings. The average molecular weight is 461 g/mol. The maximum atomic E-state index is 13.1. The first kappa shape index (κ1) is 22.6. The number of para-hydroxylation sites is 2. The van der Waals surface area contributed by atoms with E-state index in [4.69, 9.17) is 0 Å². The number of carbonyl (C=O) groups is 1. The molecule has 0 saturated carbocycles. The van der Waals surface area contributed by atoms with Crippen LogP contribution in [0.5, 0.6) is 0 Å². The number of aromatic nitrogens is 4. The standard InChI is InChI=1S/C24H24N6O2S/c1-15(2)12-13-29-22(32)18-9-5-7-11-20(18)30-23(29)27-28-24(30)33-16(3)21(31)26-19-10-6-4-8-17(19)14-25/h4-11,15-16H,12-13H2,1-3H3,(H,26,31). The zero-order valence-corrected chi connectivity index (χ0v) is 19.5. The minimum atomic E-state index is -0.515. The van der Waals surface area contributed by atoms with Crippen LogP contribution in [0.3, 0.4) is 0 Å². The Bertz CT molecular complexity index is 1430. The number of aryl methyl sites for hydroxylation is 1. The summed E-state index contributed by atoms with van der Waals surface area (Å²) in [5.74, 6) is 0.640. The van der Waals surface area contributed by atoms with Crippen molar-refractivity contribution >= 4 is 40.0 Å². The van der Waals surface area contributed by atoms with Gasteiger partial charge in [-0.25, -0.2) is 0 Å². The van der Waals surface area contributed by atoms with Gasteiger partial charge < -0.3 is 5.32 Å². The third-order valence-electron chi connectivity index (χ3n) is 5.37. The molecule has 0 bridgehead atoms. The Morgan fingerprint density at radius 3 is 2.61 bits per heavy atom. The van der Waals surface area contributed by atoms with Crippen LogP contribution in [0, 0.1) is 17.2 Å². The first-order valence-corrected chi connectivity index (χ1v) is 11.6. The number of nitriles is 1. The molecular formula is C24H24N6O2S. The number of hydrogen-bond donors (Lipinski definition) is 1. The minimum absolute atomic E-state index is 0.0957. The fourth-order valence-corrected chi connectivity index (χ4v) is 4.39. The summed E-state index contributed by atoms with van der Waals surface area (Å²) in [4.78, 5) is 26.0. The highest BCUT2D eigenvalue weighted by molar-refractivity contribution is 8.00. The fourth-order valence-electron chi connectivity index (χ4n) is 3.53. The molecule has 168 valence electrons. The molecule has 0 aliphatic carbocycles. The van der Waals surface area contributed by atoms with Gasteiger partial charge in [0.1, 0.15) is 6.07 Å². The number of thioether (sulfide) groups is 1. The number of benzene rings is 2. The normalized spacial score (nSPS) is 12.2. The summed E-state index contributed by atoms with van der Waals surface area (Å²) in [6.45, 7) is 6.53. The number of fused-ring (bicyclic) bond motifs is 3. The van der Waals surface area contributed by atoms with Gasteiger partial charge >= 0.3 is 0 Å². The van der Waals surface area contributed by atoms with Crippen molar-refractivity contribution < 1.29 is 4.79 Å². The van der Waals surface area contributed by atoms with Gasteiger partial charge in [-0.05, 0) is 43.5 Å². The van der Waals surface area contributed by atoms with Gasteiger partial charge in [0.05, 0.1) is 27.4 Å². The van der Waals surface area contributed by atoms with Crippen molar-refractivity contribution in [1.29, 1.82) is 5.26 Å². The third kappa shape index (κ3) is 4.47. The van der Waals surface area contributed by atoms with E-state index < -0.39 is 5.25 Å². The minimum Gasteiger partial charge on any atom is -0.324 e. The van der Waals surface area contributed by atoms with E-state index in [1.807, 2.05) is 22.6 Å². The molecule has 0 saturated heterocycles. The zero-order valence-electron chi connectivity index (χ0n) is 18.6. The molecule has 0 spiro atoms. The quantitative estimate of drug-likeness (QED) is 0.417. The lowest BCUT2D eigenvalue weighted by Crippen LogP contribution is -2.25. The molecule has 1 N–H and O–H groups in total. The SMILES string of the molecule is CC(C)CCn1c(=O)c2ccccc2n2c(SC(C)C(=O)Nc3ccccc3C#N)nnc12. The zero-order chi connectivity index (χ0) is 23.5. The lowest BCUT2D eigenvalue weighted by molar-refractivity contribution is -0.115. The van der Waals surface area contributed by atoms with E-state index in [2.05, 4.69) is 35.4 Å². The van der Waals surface area contributed by atoms with Gasteiger partial charge in [0.25, 0.3) is 5.56 Å². The predicted octanol–water partition coefficient (Wildman–Crippen LogP) is 4.08. The summed E-state index contributed by atoms with van der Waals surface area (Å²) in [5, 5.41) is 21.3. The van der Waals surface area contributed by atoms with Crippen molar-refractivity contribution in [2.75, 3.05) is 5.32 Å². The van der Waals surface area contributed by atoms with E-state index in [9.17, 15) is 14.9 Å². The van der Waals surface area contributed by atoms with Crippen molar-refractivity contribution in [3.8, 4) is 6.07 Å². The monoisotopic (exact) mass is 460 g/mol. The van der Waals surface area contributed by atoms with E-state index >= 15 is 0 Å². The molecule has 4 rings (SSSR count). The average Bonchev–Trinajstić information content (AvgIpc) is 3.22. The van der Waals surface area contributed by atoms with Gasteiger partial charge in [-0.15, -0.1) is 10.2 Å². The molecule has 1 atom stereocenters. The van der Waals surface area contributed by atoms with Crippen LogP contribution in [0.4, 0.5) is 5.69 Å². The van der Waals surface area contributed by atoms with Crippen LogP contribution in [0.2, 0.25) is 0 Å². The molecule has 1 amide bonds. The molecule has 0 aliphatic rings. The maximum absolute atomic E-state index is 13.1. The molecule has 4 aromatic rings. The third-order valence-corrected chi connectivity index (χ3v) is 6.41. The Balaban J connectivity index is 1.70. The number of nitrogens with zero attached hydrogens (tertiary/aromatic N) is 5.